The highest BCUT2D eigenvalue weighted by atomic mass is 16.5. The molecule has 124 valence electrons. The Balaban J connectivity index is 2.68. The average Bonchev–Trinajstić information content (AvgIpc) is 2.54. The predicted octanol–water partition coefficient (Wildman–Crippen LogP) is 2.71. The van der Waals surface area contributed by atoms with Gasteiger partial charge in [0.1, 0.15) is 11.5 Å². The summed E-state index contributed by atoms with van der Waals surface area (Å²) in [4.78, 5) is 11.1. The number of hydrogen-bond acceptors (Lipinski definition) is 4. The van der Waals surface area contributed by atoms with Crippen molar-refractivity contribution in [2.45, 2.75) is 32.6 Å². The predicted molar refractivity (Wildman–Crippen MR) is 86.4 cm³/mol. The molecule has 0 saturated heterocycles. The van der Waals surface area contributed by atoms with E-state index in [0.29, 0.717) is 12.3 Å². The largest absolute Gasteiger partial charge is 0.497 e. The van der Waals surface area contributed by atoms with Crippen LogP contribution >= 0.6 is 0 Å². The lowest BCUT2D eigenvalue weighted by molar-refractivity contribution is -0.142. The van der Waals surface area contributed by atoms with E-state index in [1.54, 1.807) is 14.2 Å². The molecule has 5 heteroatoms. The normalized spacial score (nSPS) is 13.5. The fourth-order valence-corrected chi connectivity index (χ4v) is 2.57. The SMILES string of the molecule is CCC(CCc1cc(OC)cc(OC)c1)CC(CN)C(=O)O. The fourth-order valence-electron chi connectivity index (χ4n) is 2.57. The Morgan fingerprint density at radius 3 is 2.23 bits per heavy atom. The van der Waals surface area contributed by atoms with Gasteiger partial charge in [-0.15, -0.1) is 0 Å². The number of nitrogens with two attached hydrogens (primary N) is 1. The van der Waals surface area contributed by atoms with Crippen molar-refractivity contribution < 1.29 is 19.4 Å². The van der Waals surface area contributed by atoms with Crippen LogP contribution in [0.5, 0.6) is 11.5 Å². The Morgan fingerprint density at radius 1 is 1.23 bits per heavy atom. The van der Waals surface area contributed by atoms with E-state index in [1.807, 2.05) is 18.2 Å². The lowest BCUT2D eigenvalue weighted by Gasteiger charge is -2.19. The van der Waals surface area contributed by atoms with Crippen LogP contribution in [0.2, 0.25) is 0 Å². The highest BCUT2D eigenvalue weighted by Gasteiger charge is 2.20. The molecule has 2 unspecified atom stereocenters. The van der Waals surface area contributed by atoms with Gasteiger partial charge in [-0.3, -0.25) is 4.79 Å². The highest BCUT2D eigenvalue weighted by molar-refractivity contribution is 5.70. The highest BCUT2D eigenvalue weighted by Crippen LogP contribution is 2.26. The zero-order valence-corrected chi connectivity index (χ0v) is 13.7. The molecule has 2 atom stereocenters. The number of carboxylic acids is 1. The van der Waals surface area contributed by atoms with Crippen molar-refractivity contribution >= 4 is 5.97 Å². The van der Waals surface area contributed by atoms with E-state index in [0.717, 1.165) is 36.3 Å². The first-order valence-corrected chi connectivity index (χ1v) is 7.68. The summed E-state index contributed by atoms with van der Waals surface area (Å²) in [5.41, 5.74) is 6.68. The summed E-state index contributed by atoms with van der Waals surface area (Å²) in [6.45, 7) is 2.28. The van der Waals surface area contributed by atoms with Gasteiger partial charge in [-0.2, -0.15) is 0 Å². The van der Waals surface area contributed by atoms with Gasteiger partial charge in [0, 0.05) is 12.6 Å². The molecule has 1 aromatic rings. The Morgan fingerprint density at radius 2 is 1.82 bits per heavy atom. The molecule has 0 saturated carbocycles. The number of carboxylic acid groups (broad SMARTS) is 1. The average molecular weight is 309 g/mol. The van der Waals surface area contributed by atoms with Gasteiger partial charge in [0.2, 0.25) is 0 Å². The molecule has 0 aliphatic heterocycles. The van der Waals surface area contributed by atoms with Gasteiger partial charge < -0.3 is 20.3 Å². The number of carbonyl (C=O) groups is 1. The molecule has 22 heavy (non-hydrogen) atoms. The standard InChI is InChI=1S/C17H27NO4/c1-4-12(7-14(11-18)17(19)20)5-6-13-8-15(21-2)10-16(9-13)22-3/h8-10,12,14H,4-7,11,18H2,1-3H3,(H,19,20). The number of ether oxygens (including phenoxy) is 2. The van der Waals surface area contributed by atoms with Crippen LogP contribution in [0.1, 0.15) is 31.7 Å². The third kappa shape index (κ3) is 5.56. The second-order valence-electron chi connectivity index (χ2n) is 5.54. The van der Waals surface area contributed by atoms with Gasteiger partial charge in [0.05, 0.1) is 20.1 Å². The molecule has 0 spiro atoms. The van der Waals surface area contributed by atoms with E-state index in [9.17, 15) is 4.79 Å². The summed E-state index contributed by atoms with van der Waals surface area (Å²) < 4.78 is 10.5. The third-order valence-electron chi connectivity index (χ3n) is 4.08. The van der Waals surface area contributed by atoms with E-state index < -0.39 is 11.9 Å². The number of methoxy groups -OCH3 is 2. The van der Waals surface area contributed by atoms with Crippen LogP contribution in [0, 0.1) is 11.8 Å². The molecule has 3 N–H and O–H groups in total. The van der Waals surface area contributed by atoms with Gasteiger partial charge in [0.25, 0.3) is 0 Å². The van der Waals surface area contributed by atoms with Crippen molar-refractivity contribution in [3.63, 3.8) is 0 Å². The summed E-state index contributed by atoms with van der Waals surface area (Å²) in [5.74, 6) is 0.635. The summed E-state index contributed by atoms with van der Waals surface area (Å²) in [7, 11) is 3.26. The van der Waals surface area contributed by atoms with Crippen molar-refractivity contribution in [2.24, 2.45) is 17.6 Å². The van der Waals surface area contributed by atoms with Gasteiger partial charge in [-0.1, -0.05) is 13.3 Å². The summed E-state index contributed by atoms with van der Waals surface area (Å²) in [6.07, 6.45) is 3.37. The molecule has 0 aliphatic carbocycles. The first-order valence-electron chi connectivity index (χ1n) is 7.68. The lowest BCUT2D eigenvalue weighted by atomic mass is 9.88. The van der Waals surface area contributed by atoms with Crippen molar-refractivity contribution in [3.05, 3.63) is 23.8 Å². The molecule has 0 bridgehead atoms. The molecule has 0 radical (unpaired) electrons. The molecule has 5 nitrogen and oxygen atoms in total. The number of benzene rings is 1. The van der Waals surface area contributed by atoms with Crippen molar-refractivity contribution in [2.75, 3.05) is 20.8 Å². The Hall–Kier alpha value is -1.75. The second kappa shape index (κ2) is 9.30. The zero-order valence-electron chi connectivity index (χ0n) is 13.7. The maximum atomic E-state index is 11.1. The van der Waals surface area contributed by atoms with Crippen LogP contribution < -0.4 is 15.2 Å². The second-order valence-corrected chi connectivity index (χ2v) is 5.54. The van der Waals surface area contributed by atoms with E-state index in [2.05, 4.69) is 6.92 Å². The van der Waals surface area contributed by atoms with E-state index in [-0.39, 0.29) is 6.54 Å². The van der Waals surface area contributed by atoms with E-state index in [1.165, 1.54) is 0 Å². The minimum Gasteiger partial charge on any atom is -0.497 e. The molecule has 0 heterocycles. The summed E-state index contributed by atoms with van der Waals surface area (Å²) >= 11 is 0. The first-order chi connectivity index (χ1) is 10.5. The van der Waals surface area contributed by atoms with Crippen LogP contribution in [0.25, 0.3) is 0 Å². The fraction of sp³-hybridized carbons (Fsp3) is 0.588. The molecule has 0 aromatic heterocycles. The molecule has 0 aliphatic rings. The maximum Gasteiger partial charge on any atom is 0.307 e. The topological polar surface area (TPSA) is 81.8 Å². The monoisotopic (exact) mass is 309 g/mol. The first kappa shape index (κ1) is 18.3. The number of aliphatic carboxylic acids is 1. The van der Waals surface area contributed by atoms with Crippen molar-refractivity contribution in [1.29, 1.82) is 0 Å². The number of rotatable bonds is 10. The minimum absolute atomic E-state index is 0.193. The van der Waals surface area contributed by atoms with Crippen molar-refractivity contribution in [3.8, 4) is 11.5 Å². The van der Waals surface area contributed by atoms with Gasteiger partial charge in [-0.05, 0) is 42.9 Å². The quantitative estimate of drug-likeness (QED) is 0.694. The van der Waals surface area contributed by atoms with E-state index >= 15 is 0 Å². The molecular weight excluding hydrogens is 282 g/mol. The summed E-state index contributed by atoms with van der Waals surface area (Å²) in [6, 6.07) is 5.83. The molecule has 1 rings (SSSR count). The van der Waals surface area contributed by atoms with Crippen LogP contribution in [0.15, 0.2) is 18.2 Å². The lowest BCUT2D eigenvalue weighted by Crippen LogP contribution is -2.26. The maximum absolute atomic E-state index is 11.1. The zero-order chi connectivity index (χ0) is 16.5. The Kier molecular flexibility index (Phi) is 7.74. The Bertz CT molecular complexity index is 453. The van der Waals surface area contributed by atoms with Gasteiger partial charge >= 0.3 is 5.97 Å². The van der Waals surface area contributed by atoms with Crippen LogP contribution in [-0.2, 0) is 11.2 Å². The molecule has 1 aromatic carbocycles. The summed E-state index contributed by atoms with van der Waals surface area (Å²) in [5, 5.41) is 9.13. The Labute approximate surface area is 132 Å². The number of aryl methyl sites for hydroxylation is 1. The van der Waals surface area contributed by atoms with Crippen molar-refractivity contribution in [1.82, 2.24) is 0 Å². The van der Waals surface area contributed by atoms with Crippen LogP contribution in [0.4, 0.5) is 0 Å². The minimum atomic E-state index is -0.802. The van der Waals surface area contributed by atoms with Gasteiger partial charge in [0.15, 0.2) is 0 Å². The molecule has 0 amide bonds. The van der Waals surface area contributed by atoms with Gasteiger partial charge in [-0.25, -0.2) is 0 Å². The van der Waals surface area contributed by atoms with Crippen LogP contribution in [0.3, 0.4) is 0 Å². The number of hydrogen-bond donors (Lipinski definition) is 2. The molecule has 0 fully saturated rings. The van der Waals surface area contributed by atoms with Crippen LogP contribution in [-0.4, -0.2) is 31.8 Å². The molecular formula is C17H27NO4. The smallest absolute Gasteiger partial charge is 0.307 e. The third-order valence-corrected chi connectivity index (χ3v) is 4.08. The van der Waals surface area contributed by atoms with E-state index in [4.69, 9.17) is 20.3 Å².